The van der Waals surface area contributed by atoms with Gasteiger partial charge in [-0.25, -0.2) is 0 Å². The Bertz CT molecular complexity index is 710. The fourth-order valence-electron chi connectivity index (χ4n) is 2.38. The van der Waals surface area contributed by atoms with E-state index < -0.39 is 5.97 Å². The topological polar surface area (TPSA) is 79.3 Å². The summed E-state index contributed by atoms with van der Waals surface area (Å²) in [5.41, 5.74) is 2.33. The van der Waals surface area contributed by atoms with Crippen molar-refractivity contribution in [2.75, 3.05) is 6.54 Å². The number of aromatic nitrogens is 1. The lowest BCUT2D eigenvalue weighted by molar-refractivity contribution is -0.137. The maximum atomic E-state index is 12.5. The van der Waals surface area contributed by atoms with E-state index in [0.29, 0.717) is 24.9 Å². The van der Waals surface area contributed by atoms with Gasteiger partial charge in [-0.3, -0.25) is 14.6 Å². The molecule has 0 saturated heterocycles. The van der Waals surface area contributed by atoms with Gasteiger partial charge in [0.05, 0.1) is 11.1 Å². The van der Waals surface area contributed by atoms with E-state index in [1.807, 2.05) is 44.2 Å². The summed E-state index contributed by atoms with van der Waals surface area (Å²) in [6.45, 7) is 4.56. The van der Waals surface area contributed by atoms with E-state index in [2.05, 4.69) is 10.3 Å². The molecule has 0 bridgehead atoms. The zero-order valence-electron chi connectivity index (χ0n) is 13.5. The van der Waals surface area contributed by atoms with Crippen LogP contribution in [0.4, 0.5) is 0 Å². The van der Waals surface area contributed by atoms with Crippen molar-refractivity contribution in [3.63, 3.8) is 0 Å². The van der Waals surface area contributed by atoms with Crippen LogP contribution in [0.1, 0.15) is 55.1 Å². The molecule has 0 radical (unpaired) electrons. The fraction of sp³-hybridized carbons (Fsp3) is 0.389. The second-order valence-electron chi connectivity index (χ2n) is 5.87. The van der Waals surface area contributed by atoms with E-state index in [4.69, 9.17) is 5.11 Å². The van der Waals surface area contributed by atoms with Gasteiger partial charge in [-0.1, -0.05) is 32.0 Å². The fourth-order valence-corrected chi connectivity index (χ4v) is 2.38. The molecule has 2 aromatic rings. The monoisotopic (exact) mass is 314 g/mol. The Kier molecular flexibility index (Phi) is 5.68. The first-order chi connectivity index (χ1) is 11.0. The van der Waals surface area contributed by atoms with Crippen LogP contribution in [0.5, 0.6) is 0 Å². The number of aliphatic carboxylic acids is 1. The van der Waals surface area contributed by atoms with Crippen molar-refractivity contribution >= 4 is 22.8 Å². The number of carboxylic acids is 1. The van der Waals surface area contributed by atoms with Crippen LogP contribution in [0.15, 0.2) is 30.3 Å². The van der Waals surface area contributed by atoms with Crippen LogP contribution >= 0.6 is 0 Å². The highest BCUT2D eigenvalue weighted by atomic mass is 16.4. The lowest BCUT2D eigenvalue weighted by Gasteiger charge is -2.12. The van der Waals surface area contributed by atoms with Crippen molar-refractivity contribution in [1.29, 1.82) is 0 Å². The minimum atomic E-state index is -0.807. The number of fused-ring (bicyclic) bond motifs is 1. The number of pyridine rings is 1. The Balaban J connectivity index is 2.14. The SMILES string of the molecule is CC(C)c1cc(C(=O)NCCCCC(=O)O)c2ccccc2n1. The second-order valence-corrected chi connectivity index (χ2v) is 5.87. The maximum absolute atomic E-state index is 12.5. The highest BCUT2D eigenvalue weighted by Gasteiger charge is 2.14. The van der Waals surface area contributed by atoms with Crippen LogP contribution in [0, 0.1) is 0 Å². The van der Waals surface area contributed by atoms with Crippen molar-refractivity contribution in [3.05, 3.63) is 41.6 Å². The number of unbranched alkanes of at least 4 members (excludes halogenated alkanes) is 1. The van der Waals surface area contributed by atoms with Crippen LogP contribution in [-0.2, 0) is 4.79 Å². The zero-order chi connectivity index (χ0) is 16.8. The summed E-state index contributed by atoms with van der Waals surface area (Å²) in [6, 6.07) is 9.45. The van der Waals surface area contributed by atoms with Gasteiger partial charge in [-0.2, -0.15) is 0 Å². The number of carbonyl (C=O) groups is 2. The molecule has 122 valence electrons. The van der Waals surface area contributed by atoms with Gasteiger partial charge in [0.1, 0.15) is 0 Å². The van der Waals surface area contributed by atoms with Crippen molar-refractivity contribution in [2.45, 2.75) is 39.0 Å². The molecule has 2 N–H and O–H groups in total. The molecule has 0 unspecified atom stereocenters. The molecule has 5 nitrogen and oxygen atoms in total. The molecular weight excluding hydrogens is 292 g/mol. The van der Waals surface area contributed by atoms with Crippen molar-refractivity contribution in [2.24, 2.45) is 0 Å². The Labute approximate surface area is 135 Å². The Morgan fingerprint density at radius 2 is 1.96 bits per heavy atom. The van der Waals surface area contributed by atoms with E-state index in [0.717, 1.165) is 16.6 Å². The number of para-hydroxylation sites is 1. The van der Waals surface area contributed by atoms with Crippen LogP contribution in [-0.4, -0.2) is 28.5 Å². The van der Waals surface area contributed by atoms with E-state index in [-0.39, 0.29) is 18.2 Å². The first kappa shape index (κ1) is 16.9. The molecule has 23 heavy (non-hydrogen) atoms. The van der Waals surface area contributed by atoms with E-state index >= 15 is 0 Å². The van der Waals surface area contributed by atoms with Crippen molar-refractivity contribution in [3.8, 4) is 0 Å². The molecule has 1 aromatic heterocycles. The molecule has 5 heteroatoms. The first-order valence-electron chi connectivity index (χ1n) is 7.88. The summed E-state index contributed by atoms with van der Waals surface area (Å²) in [5, 5.41) is 12.3. The van der Waals surface area contributed by atoms with Gasteiger partial charge in [0.2, 0.25) is 0 Å². The molecule has 0 fully saturated rings. The predicted octanol–water partition coefficient (Wildman–Crippen LogP) is 3.34. The lowest BCUT2D eigenvalue weighted by Crippen LogP contribution is -2.25. The van der Waals surface area contributed by atoms with Crippen LogP contribution in [0.25, 0.3) is 10.9 Å². The van der Waals surface area contributed by atoms with Crippen molar-refractivity contribution < 1.29 is 14.7 Å². The normalized spacial score (nSPS) is 10.9. The molecule has 0 spiro atoms. The van der Waals surface area contributed by atoms with Crippen molar-refractivity contribution in [1.82, 2.24) is 10.3 Å². The second kappa shape index (κ2) is 7.72. The van der Waals surface area contributed by atoms with E-state index in [1.54, 1.807) is 0 Å². The average Bonchev–Trinajstić information content (AvgIpc) is 2.52. The van der Waals surface area contributed by atoms with Gasteiger partial charge in [0, 0.05) is 24.0 Å². The Morgan fingerprint density at radius 1 is 1.22 bits per heavy atom. The summed E-state index contributed by atoms with van der Waals surface area (Å²) in [6.07, 6.45) is 1.34. The first-order valence-corrected chi connectivity index (χ1v) is 7.88. The highest BCUT2D eigenvalue weighted by molar-refractivity contribution is 6.06. The molecule has 0 atom stereocenters. The maximum Gasteiger partial charge on any atom is 0.303 e. The van der Waals surface area contributed by atoms with Crippen LogP contribution in [0.3, 0.4) is 0 Å². The molecule has 1 amide bonds. The van der Waals surface area contributed by atoms with Gasteiger partial charge in [0.15, 0.2) is 0 Å². The number of nitrogens with zero attached hydrogens (tertiary/aromatic N) is 1. The third-order valence-corrected chi connectivity index (χ3v) is 3.68. The minimum absolute atomic E-state index is 0.131. The smallest absolute Gasteiger partial charge is 0.303 e. The molecule has 0 aliphatic rings. The predicted molar refractivity (Wildman–Crippen MR) is 89.7 cm³/mol. The molecular formula is C18H22N2O3. The number of carboxylic acid groups (broad SMARTS) is 1. The quantitative estimate of drug-likeness (QED) is 0.768. The average molecular weight is 314 g/mol. The number of amides is 1. The van der Waals surface area contributed by atoms with Gasteiger partial charge in [0.25, 0.3) is 5.91 Å². The molecule has 1 heterocycles. The number of hydrogen-bond donors (Lipinski definition) is 2. The van der Waals surface area contributed by atoms with Gasteiger partial charge in [-0.15, -0.1) is 0 Å². The van der Waals surface area contributed by atoms with E-state index in [9.17, 15) is 9.59 Å². The minimum Gasteiger partial charge on any atom is -0.481 e. The number of rotatable bonds is 7. The van der Waals surface area contributed by atoms with Gasteiger partial charge < -0.3 is 10.4 Å². The third kappa shape index (κ3) is 4.52. The summed E-state index contributed by atoms with van der Waals surface area (Å²) >= 11 is 0. The summed E-state index contributed by atoms with van der Waals surface area (Å²) in [5.74, 6) is -0.708. The zero-order valence-corrected chi connectivity index (χ0v) is 13.5. The Morgan fingerprint density at radius 3 is 2.65 bits per heavy atom. The molecule has 0 saturated carbocycles. The number of nitrogens with one attached hydrogen (secondary N) is 1. The Hall–Kier alpha value is -2.43. The summed E-state index contributed by atoms with van der Waals surface area (Å²) in [7, 11) is 0. The van der Waals surface area contributed by atoms with Crippen LogP contribution in [0.2, 0.25) is 0 Å². The number of carbonyl (C=O) groups excluding carboxylic acids is 1. The third-order valence-electron chi connectivity index (χ3n) is 3.68. The summed E-state index contributed by atoms with van der Waals surface area (Å²) in [4.78, 5) is 27.5. The number of benzene rings is 1. The summed E-state index contributed by atoms with van der Waals surface area (Å²) < 4.78 is 0. The van der Waals surface area contributed by atoms with Crippen LogP contribution < -0.4 is 5.32 Å². The molecule has 0 aliphatic heterocycles. The molecule has 2 rings (SSSR count). The molecule has 1 aromatic carbocycles. The molecule has 0 aliphatic carbocycles. The highest BCUT2D eigenvalue weighted by Crippen LogP contribution is 2.22. The largest absolute Gasteiger partial charge is 0.481 e. The van der Waals surface area contributed by atoms with E-state index in [1.165, 1.54) is 0 Å². The number of hydrogen-bond acceptors (Lipinski definition) is 3. The van der Waals surface area contributed by atoms with Gasteiger partial charge >= 0.3 is 5.97 Å². The standard InChI is InChI=1S/C18H22N2O3/c1-12(2)16-11-14(13-7-3-4-8-15(13)20-16)18(23)19-10-6-5-9-17(21)22/h3-4,7-8,11-12H,5-6,9-10H2,1-2H3,(H,19,23)(H,21,22). The lowest BCUT2D eigenvalue weighted by atomic mass is 10.0. The van der Waals surface area contributed by atoms with Gasteiger partial charge in [-0.05, 0) is 30.9 Å².